The van der Waals surface area contributed by atoms with Gasteiger partial charge in [-0.2, -0.15) is 0 Å². The second-order valence-electron chi connectivity index (χ2n) is 16.8. The smallest absolute Gasteiger partial charge is 0.305 e. The van der Waals surface area contributed by atoms with Gasteiger partial charge in [0.15, 0.2) is 0 Å². The lowest BCUT2D eigenvalue weighted by atomic mass is 9.92. The number of carbonyl (C=O) groups is 4. The van der Waals surface area contributed by atoms with Gasteiger partial charge in [-0.15, -0.1) is 0 Å². The van der Waals surface area contributed by atoms with Crippen LogP contribution in [0.15, 0.2) is 24.3 Å². The minimum atomic E-state index is -1.21. The Morgan fingerprint density at radius 3 is 0.983 bits per heavy atom. The molecule has 0 spiro atoms. The highest BCUT2D eigenvalue weighted by Gasteiger charge is 2.38. The third-order valence-corrected chi connectivity index (χ3v) is 10.4. The van der Waals surface area contributed by atoms with Gasteiger partial charge in [-0.1, -0.05) is 148 Å². The number of unbranched alkanes of at least 4 members (excludes halogenated alkanes) is 20. The Hall–Kier alpha value is -2.68. The van der Waals surface area contributed by atoms with Gasteiger partial charge in [-0.3, -0.25) is 19.2 Å². The molecule has 0 bridgehead atoms. The van der Waals surface area contributed by atoms with Crippen molar-refractivity contribution >= 4 is 23.9 Å². The van der Waals surface area contributed by atoms with Crippen molar-refractivity contribution in [2.75, 3.05) is 47.1 Å². The van der Waals surface area contributed by atoms with Crippen LogP contribution in [0.1, 0.15) is 213 Å². The Morgan fingerprint density at radius 1 is 0.379 bits per heavy atom. The number of allylic oxidation sites excluding steroid dienone is 4. The average molecular weight is 820 g/mol. The van der Waals surface area contributed by atoms with Gasteiger partial charge < -0.3 is 23.8 Å². The van der Waals surface area contributed by atoms with E-state index in [4.69, 9.17) is 18.9 Å². The lowest BCUT2D eigenvalue weighted by molar-refractivity contribution is -0.170. The number of esters is 4. The first-order valence-corrected chi connectivity index (χ1v) is 23.7. The maximum atomic E-state index is 13.0. The number of nitrogens with zero attached hydrogens (tertiary/aromatic N) is 1. The molecule has 0 aliphatic heterocycles. The van der Waals surface area contributed by atoms with Crippen LogP contribution < -0.4 is 0 Å². The normalized spacial score (nSPS) is 11.8. The van der Waals surface area contributed by atoms with Crippen molar-refractivity contribution in [3.8, 4) is 0 Å². The number of hydrogen-bond acceptors (Lipinski definition) is 9. The summed E-state index contributed by atoms with van der Waals surface area (Å²) in [5.74, 6) is -1.48. The second-order valence-corrected chi connectivity index (χ2v) is 16.8. The van der Waals surface area contributed by atoms with E-state index in [0.717, 1.165) is 122 Å². The zero-order chi connectivity index (χ0) is 42.8. The van der Waals surface area contributed by atoms with Gasteiger partial charge >= 0.3 is 23.9 Å². The van der Waals surface area contributed by atoms with Crippen LogP contribution in [0.25, 0.3) is 0 Å². The topological polar surface area (TPSA) is 108 Å². The van der Waals surface area contributed by atoms with E-state index in [2.05, 4.69) is 45.1 Å². The van der Waals surface area contributed by atoms with Crippen molar-refractivity contribution in [2.45, 2.75) is 213 Å². The molecule has 0 aliphatic rings. The van der Waals surface area contributed by atoms with Crippen molar-refractivity contribution in [1.82, 2.24) is 4.90 Å². The molecule has 9 heteroatoms. The van der Waals surface area contributed by atoms with E-state index in [-0.39, 0.29) is 70.0 Å². The van der Waals surface area contributed by atoms with Gasteiger partial charge in [0, 0.05) is 25.7 Å². The summed E-state index contributed by atoms with van der Waals surface area (Å²) in [6.07, 6.45) is 37.8. The molecule has 0 atom stereocenters. The molecule has 0 N–H and O–H groups in total. The quantitative estimate of drug-likeness (QED) is 0.0257. The fourth-order valence-corrected chi connectivity index (χ4v) is 6.48. The van der Waals surface area contributed by atoms with Crippen LogP contribution in [-0.2, 0) is 38.1 Å². The summed E-state index contributed by atoms with van der Waals surface area (Å²) in [7, 11) is 3.89. The summed E-state index contributed by atoms with van der Waals surface area (Å²) in [5.41, 5.74) is -1.21. The highest BCUT2D eigenvalue weighted by atomic mass is 16.6. The molecule has 0 heterocycles. The largest absolute Gasteiger partial charge is 0.465 e. The van der Waals surface area contributed by atoms with Gasteiger partial charge in [0.25, 0.3) is 0 Å². The molecule has 0 rings (SSSR count). The van der Waals surface area contributed by atoms with Gasteiger partial charge in [0.1, 0.15) is 31.8 Å². The van der Waals surface area contributed by atoms with Crippen molar-refractivity contribution in [3.63, 3.8) is 0 Å². The van der Waals surface area contributed by atoms with E-state index in [1.54, 1.807) is 0 Å². The number of carbonyl (C=O) groups excluding carboxylic acids is 4. The van der Waals surface area contributed by atoms with E-state index in [0.29, 0.717) is 6.42 Å². The molecule has 0 amide bonds. The molecule has 0 aromatic carbocycles. The van der Waals surface area contributed by atoms with Crippen LogP contribution >= 0.6 is 0 Å². The predicted molar refractivity (Wildman–Crippen MR) is 239 cm³/mol. The monoisotopic (exact) mass is 820 g/mol. The predicted octanol–water partition coefficient (Wildman–Crippen LogP) is 12.6. The van der Waals surface area contributed by atoms with Crippen molar-refractivity contribution in [1.29, 1.82) is 0 Å². The minimum absolute atomic E-state index is 0.187. The summed E-state index contributed by atoms with van der Waals surface area (Å²) in [5, 5.41) is 0. The van der Waals surface area contributed by atoms with Crippen LogP contribution in [0.2, 0.25) is 0 Å². The summed E-state index contributed by atoms with van der Waals surface area (Å²) >= 11 is 0. The fraction of sp³-hybridized carbons (Fsp3) is 0.837. The Labute approximate surface area is 356 Å². The molecular formula is C49H89NO8. The van der Waals surface area contributed by atoms with E-state index in [9.17, 15) is 19.2 Å². The Balaban J connectivity index is 5.38. The summed E-state index contributed by atoms with van der Waals surface area (Å²) in [6, 6.07) is 0. The standard InChI is InChI=1S/C49H89NO8/c1-6-9-12-15-18-20-22-24-27-30-33-37-46(52)56-42-49(44-58-48(54)39-35-40-50(4)5,41-55-45(51)36-32-29-26-17-14-11-8-3)43-57-47(53)38-34-31-28-25-23-21-19-16-13-10-7-2/h15-16,18-19H,6-14,17,20-44H2,1-5H3/b18-15-,19-16-. The van der Waals surface area contributed by atoms with Crippen LogP contribution in [0.4, 0.5) is 0 Å². The minimum Gasteiger partial charge on any atom is -0.465 e. The number of hydrogen-bond donors (Lipinski definition) is 0. The molecule has 0 aliphatic carbocycles. The fourth-order valence-electron chi connectivity index (χ4n) is 6.48. The highest BCUT2D eigenvalue weighted by molar-refractivity contribution is 5.71. The molecule has 0 saturated carbocycles. The molecule has 0 aromatic heterocycles. The molecule has 0 radical (unpaired) electrons. The third-order valence-electron chi connectivity index (χ3n) is 10.4. The molecule has 338 valence electrons. The third kappa shape index (κ3) is 37.6. The zero-order valence-corrected chi connectivity index (χ0v) is 38.3. The first kappa shape index (κ1) is 55.3. The van der Waals surface area contributed by atoms with E-state index < -0.39 is 11.4 Å². The lowest BCUT2D eigenvalue weighted by Crippen LogP contribution is -2.44. The summed E-state index contributed by atoms with van der Waals surface area (Å²) in [6.45, 7) is 6.58. The van der Waals surface area contributed by atoms with Crippen LogP contribution in [0.3, 0.4) is 0 Å². The molecule has 9 nitrogen and oxygen atoms in total. The van der Waals surface area contributed by atoms with Gasteiger partial charge in [-0.05, 0) is 84.8 Å². The number of ether oxygens (including phenoxy) is 4. The van der Waals surface area contributed by atoms with Crippen LogP contribution in [0, 0.1) is 5.41 Å². The maximum absolute atomic E-state index is 13.0. The molecule has 0 saturated heterocycles. The maximum Gasteiger partial charge on any atom is 0.305 e. The molecule has 58 heavy (non-hydrogen) atoms. The van der Waals surface area contributed by atoms with E-state index in [1.165, 1.54) is 44.9 Å². The first-order chi connectivity index (χ1) is 28.2. The molecular weight excluding hydrogens is 731 g/mol. The van der Waals surface area contributed by atoms with Crippen LogP contribution in [-0.4, -0.2) is 75.8 Å². The number of rotatable bonds is 42. The highest BCUT2D eigenvalue weighted by Crippen LogP contribution is 2.24. The Bertz CT molecular complexity index is 1010. The molecule has 0 unspecified atom stereocenters. The summed E-state index contributed by atoms with van der Waals surface area (Å²) < 4.78 is 23.1. The Kier molecular flexibility index (Phi) is 39.2. The first-order valence-electron chi connectivity index (χ1n) is 23.7. The SMILES string of the molecule is CCCC/C=C\CCCCCCCC(=O)OCC(COC(=O)CCCCCCC/C=C\CCCC)(COC(=O)CCCCCCCCC)COC(=O)CCCN(C)C. The van der Waals surface area contributed by atoms with E-state index in [1.807, 2.05) is 19.0 Å². The Morgan fingerprint density at radius 2 is 0.655 bits per heavy atom. The van der Waals surface area contributed by atoms with Crippen molar-refractivity contribution < 1.29 is 38.1 Å². The van der Waals surface area contributed by atoms with E-state index >= 15 is 0 Å². The zero-order valence-electron chi connectivity index (χ0n) is 38.3. The lowest BCUT2D eigenvalue weighted by Gasteiger charge is -2.31. The average Bonchev–Trinajstić information content (AvgIpc) is 3.20. The second kappa shape index (κ2) is 41.1. The van der Waals surface area contributed by atoms with Crippen molar-refractivity contribution in [2.24, 2.45) is 5.41 Å². The van der Waals surface area contributed by atoms with Gasteiger partial charge in [0.2, 0.25) is 0 Å². The van der Waals surface area contributed by atoms with Gasteiger partial charge in [0.05, 0.1) is 0 Å². The molecule has 0 fully saturated rings. The molecule has 0 aromatic rings. The summed E-state index contributed by atoms with van der Waals surface area (Å²) in [4.78, 5) is 53.8. The van der Waals surface area contributed by atoms with Crippen molar-refractivity contribution in [3.05, 3.63) is 24.3 Å². The van der Waals surface area contributed by atoms with Gasteiger partial charge in [-0.25, -0.2) is 0 Å². The van der Waals surface area contributed by atoms with Crippen LogP contribution in [0.5, 0.6) is 0 Å².